The summed E-state index contributed by atoms with van der Waals surface area (Å²) in [5.74, 6) is 0.0826. The van der Waals surface area contributed by atoms with Crippen molar-refractivity contribution in [3.05, 3.63) is 131 Å². The molecule has 4 aromatic carbocycles. The maximum absolute atomic E-state index is 12.6. The van der Waals surface area contributed by atoms with E-state index in [1.165, 1.54) is 12.5 Å². The van der Waals surface area contributed by atoms with Gasteiger partial charge in [0, 0.05) is 50.5 Å². The van der Waals surface area contributed by atoms with Crippen molar-refractivity contribution >= 4 is 11.8 Å². The Morgan fingerprint density at radius 2 is 1.51 bits per heavy atom. The summed E-state index contributed by atoms with van der Waals surface area (Å²) in [4.78, 5) is 26.0. The minimum atomic E-state index is -0.559. The van der Waals surface area contributed by atoms with Crippen LogP contribution < -0.4 is 10.6 Å². The number of aliphatic hydroxyl groups is 1. The Bertz CT molecular complexity index is 1680. The largest absolute Gasteiger partial charge is 0.392 e. The minimum Gasteiger partial charge on any atom is -0.392 e. The standard InChI is InChI=1S/C43H53N3O5/c1-30-40(28-46(4)31(2)34-13-7-5-8-14-34)50-43(51-42(30)36-20-18-33(29-47)19-21-36)37-24-22-35(23-25-37)39-16-11-10-15-38(39)27-45-41(49)17-9-6-12-26-44-32(3)48/h5,7-8,10-11,13-16,18-25,30-31,40,42-43,47H,6,9,12,17,26-29H2,1-4H3,(H,44,48)(H,45,49). The number of hydrogen-bond donors (Lipinski definition) is 3. The zero-order valence-corrected chi connectivity index (χ0v) is 30.4. The van der Waals surface area contributed by atoms with Gasteiger partial charge in [0.2, 0.25) is 11.8 Å². The van der Waals surface area contributed by atoms with Crippen LogP contribution >= 0.6 is 0 Å². The van der Waals surface area contributed by atoms with Gasteiger partial charge in [-0.25, -0.2) is 0 Å². The van der Waals surface area contributed by atoms with Gasteiger partial charge in [0.25, 0.3) is 0 Å². The average Bonchev–Trinajstić information content (AvgIpc) is 3.16. The summed E-state index contributed by atoms with van der Waals surface area (Å²) in [6.45, 7) is 7.76. The van der Waals surface area contributed by atoms with Crippen LogP contribution in [0.4, 0.5) is 0 Å². The Hall–Kier alpha value is -4.34. The van der Waals surface area contributed by atoms with E-state index in [1.54, 1.807) is 0 Å². The first-order chi connectivity index (χ1) is 24.7. The number of benzene rings is 4. The fraction of sp³-hybridized carbons (Fsp3) is 0.395. The third-order valence-corrected chi connectivity index (χ3v) is 9.98. The van der Waals surface area contributed by atoms with Crippen molar-refractivity contribution in [3.8, 4) is 11.1 Å². The highest BCUT2D eigenvalue weighted by Crippen LogP contribution is 2.42. The van der Waals surface area contributed by atoms with Crippen molar-refractivity contribution < 1.29 is 24.2 Å². The smallest absolute Gasteiger partial charge is 0.220 e. The molecule has 0 aliphatic carbocycles. The Labute approximate surface area is 303 Å². The number of unbranched alkanes of at least 4 members (excludes halogenated alkanes) is 2. The molecule has 5 unspecified atom stereocenters. The highest BCUT2D eigenvalue weighted by atomic mass is 16.7. The molecule has 1 fully saturated rings. The van der Waals surface area contributed by atoms with Crippen LogP contribution in [-0.2, 0) is 32.2 Å². The van der Waals surface area contributed by atoms with Crippen LogP contribution in [0.25, 0.3) is 11.1 Å². The molecule has 0 spiro atoms. The van der Waals surface area contributed by atoms with Crippen molar-refractivity contribution in [3.63, 3.8) is 0 Å². The van der Waals surface area contributed by atoms with E-state index in [0.29, 0.717) is 19.5 Å². The van der Waals surface area contributed by atoms with Gasteiger partial charge in [0.05, 0.1) is 18.8 Å². The first-order valence-electron chi connectivity index (χ1n) is 18.2. The lowest BCUT2D eigenvalue weighted by atomic mass is 9.89. The van der Waals surface area contributed by atoms with E-state index in [2.05, 4.69) is 109 Å². The number of ether oxygens (including phenoxy) is 2. The van der Waals surface area contributed by atoms with Gasteiger partial charge < -0.3 is 25.2 Å². The summed E-state index contributed by atoms with van der Waals surface area (Å²) in [5.41, 5.74) is 7.30. The minimum absolute atomic E-state index is 0.00185. The van der Waals surface area contributed by atoms with Gasteiger partial charge in [-0.15, -0.1) is 0 Å². The fourth-order valence-electron chi connectivity index (χ4n) is 6.67. The summed E-state index contributed by atoms with van der Waals surface area (Å²) in [6.07, 6.45) is 2.17. The second kappa shape index (κ2) is 18.8. The zero-order valence-electron chi connectivity index (χ0n) is 30.4. The van der Waals surface area contributed by atoms with E-state index in [4.69, 9.17) is 9.47 Å². The molecule has 5 rings (SSSR count). The average molecular weight is 692 g/mol. The van der Waals surface area contributed by atoms with Crippen molar-refractivity contribution in [2.24, 2.45) is 5.92 Å². The predicted molar refractivity (Wildman–Crippen MR) is 201 cm³/mol. The molecule has 8 nitrogen and oxygen atoms in total. The quantitative estimate of drug-likeness (QED) is 0.105. The summed E-state index contributed by atoms with van der Waals surface area (Å²) in [5, 5.41) is 15.5. The van der Waals surface area contributed by atoms with Gasteiger partial charge in [-0.3, -0.25) is 14.5 Å². The molecule has 0 radical (unpaired) electrons. The molecule has 3 N–H and O–H groups in total. The van der Waals surface area contributed by atoms with E-state index in [1.807, 2.05) is 30.3 Å². The number of carbonyl (C=O) groups excluding carboxylic acids is 2. The van der Waals surface area contributed by atoms with Crippen molar-refractivity contribution in [2.45, 2.75) is 84.1 Å². The van der Waals surface area contributed by atoms with Crippen molar-refractivity contribution in [2.75, 3.05) is 20.1 Å². The second-order valence-corrected chi connectivity index (χ2v) is 13.7. The number of hydrogen-bond acceptors (Lipinski definition) is 6. The summed E-state index contributed by atoms with van der Waals surface area (Å²) in [6, 6.07) is 35.3. The number of rotatable bonds is 16. The normalized spacial score (nSPS) is 19.4. The molecule has 0 saturated carbocycles. The van der Waals surface area contributed by atoms with Crippen LogP contribution in [0.5, 0.6) is 0 Å². The molecular formula is C43H53N3O5. The van der Waals surface area contributed by atoms with Crippen LogP contribution in [0.3, 0.4) is 0 Å². The molecule has 5 atom stereocenters. The third kappa shape index (κ3) is 10.6. The fourth-order valence-corrected chi connectivity index (χ4v) is 6.67. The monoisotopic (exact) mass is 691 g/mol. The summed E-state index contributed by atoms with van der Waals surface area (Å²) >= 11 is 0. The lowest BCUT2D eigenvalue weighted by Gasteiger charge is -2.43. The summed E-state index contributed by atoms with van der Waals surface area (Å²) in [7, 11) is 2.15. The lowest BCUT2D eigenvalue weighted by molar-refractivity contribution is -0.276. The number of amides is 2. The molecule has 2 amide bonds. The Balaban J connectivity index is 1.27. The Morgan fingerprint density at radius 1 is 0.824 bits per heavy atom. The second-order valence-electron chi connectivity index (χ2n) is 13.7. The van der Waals surface area contributed by atoms with Gasteiger partial charge in [-0.1, -0.05) is 116 Å². The lowest BCUT2D eigenvalue weighted by Crippen LogP contribution is -2.44. The maximum Gasteiger partial charge on any atom is 0.220 e. The van der Waals surface area contributed by atoms with Gasteiger partial charge >= 0.3 is 0 Å². The van der Waals surface area contributed by atoms with Crippen LogP contribution in [0.15, 0.2) is 103 Å². The molecule has 1 aliphatic heterocycles. The maximum atomic E-state index is 12.6. The number of likely N-dealkylation sites (N-methyl/N-ethyl adjacent to an activating group) is 1. The predicted octanol–water partition coefficient (Wildman–Crippen LogP) is 7.64. The van der Waals surface area contributed by atoms with E-state index >= 15 is 0 Å². The molecule has 4 aromatic rings. The molecule has 0 bridgehead atoms. The highest BCUT2D eigenvalue weighted by molar-refractivity contribution is 5.76. The van der Waals surface area contributed by atoms with Crippen LogP contribution in [0, 0.1) is 5.92 Å². The zero-order chi connectivity index (χ0) is 36.2. The molecule has 51 heavy (non-hydrogen) atoms. The van der Waals surface area contributed by atoms with Gasteiger partial charge in [-0.2, -0.15) is 0 Å². The number of nitrogens with one attached hydrogen (secondary N) is 2. The van der Waals surface area contributed by atoms with Crippen molar-refractivity contribution in [1.82, 2.24) is 15.5 Å². The van der Waals surface area contributed by atoms with E-state index in [0.717, 1.165) is 59.2 Å². The first-order valence-corrected chi connectivity index (χ1v) is 18.2. The third-order valence-electron chi connectivity index (χ3n) is 9.98. The molecule has 0 aromatic heterocycles. The van der Waals surface area contributed by atoms with Crippen molar-refractivity contribution in [1.29, 1.82) is 0 Å². The van der Waals surface area contributed by atoms with E-state index < -0.39 is 6.29 Å². The molecular weight excluding hydrogens is 638 g/mol. The van der Waals surface area contributed by atoms with Crippen LogP contribution in [0.2, 0.25) is 0 Å². The topological polar surface area (TPSA) is 100 Å². The number of nitrogens with zero attached hydrogens (tertiary/aromatic N) is 1. The van der Waals surface area contributed by atoms with Crippen LogP contribution in [-0.4, -0.2) is 48.1 Å². The summed E-state index contributed by atoms with van der Waals surface area (Å²) < 4.78 is 13.5. The van der Waals surface area contributed by atoms with E-state index in [9.17, 15) is 14.7 Å². The molecule has 8 heteroatoms. The Morgan fingerprint density at radius 3 is 2.22 bits per heavy atom. The molecule has 1 heterocycles. The Kier molecular flexibility index (Phi) is 13.9. The SMILES string of the molecule is CC(=O)NCCCCCC(=O)NCc1ccccc1-c1ccc(C2OC(CN(C)C(C)c3ccccc3)C(C)C(c3ccc(CO)cc3)O2)cc1. The van der Waals surface area contributed by atoms with Crippen LogP contribution in [0.1, 0.15) is 92.7 Å². The first kappa shape index (κ1) is 37.9. The number of carbonyl (C=O) groups is 2. The highest BCUT2D eigenvalue weighted by Gasteiger charge is 2.39. The van der Waals surface area contributed by atoms with E-state index in [-0.39, 0.29) is 42.6 Å². The van der Waals surface area contributed by atoms with Gasteiger partial charge in [0.1, 0.15) is 0 Å². The molecule has 1 saturated heterocycles. The number of aliphatic hydroxyl groups excluding tert-OH is 1. The molecule has 1 aliphatic rings. The molecule has 270 valence electrons. The van der Waals surface area contributed by atoms with Gasteiger partial charge in [-0.05, 0) is 60.2 Å². The van der Waals surface area contributed by atoms with Gasteiger partial charge in [0.15, 0.2) is 6.29 Å².